The van der Waals surface area contributed by atoms with Gasteiger partial charge in [0.25, 0.3) is 5.91 Å². The van der Waals surface area contributed by atoms with Crippen LogP contribution in [0.15, 0.2) is 24.3 Å². The summed E-state index contributed by atoms with van der Waals surface area (Å²) in [7, 11) is 0. The Hall–Kier alpha value is -1.51. The quantitative estimate of drug-likeness (QED) is 0.905. The fraction of sp³-hybridized carbons (Fsp3) is 0.562. The number of carbonyl (C=O) groups is 1. The Morgan fingerprint density at radius 1 is 1.26 bits per heavy atom. The molecule has 1 saturated heterocycles. The number of amides is 1. The fourth-order valence-corrected chi connectivity index (χ4v) is 2.85. The Labute approximate surface area is 115 Å². The molecule has 0 spiro atoms. The van der Waals surface area contributed by atoms with Gasteiger partial charge < -0.3 is 10.0 Å². The largest absolute Gasteiger partial charge is 0.508 e. The first-order valence-electron chi connectivity index (χ1n) is 7.29. The van der Waals surface area contributed by atoms with Gasteiger partial charge in [-0.15, -0.1) is 0 Å². The van der Waals surface area contributed by atoms with E-state index in [1.807, 2.05) is 4.90 Å². The van der Waals surface area contributed by atoms with Crippen LogP contribution in [0.2, 0.25) is 0 Å². The average Bonchev–Trinajstić information content (AvgIpc) is 2.65. The molecule has 1 heterocycles. The number of hydrogen-bond donors (Lipinski definition) is 1. The number of rotatable bonds is 3. The number of phenolic OH excluding ortho intramolecular Hbond substituents is 1. The molecule has 0 aromatic heterocycles. The van der Waals surface area contributed by atoms with Gasteiger partial charge >= 0.3 is 0 Å². The molecule has 1 amide bonds. The highest BCUT2D eigenvalue weighted by Crippen LogP contribution is 2.23. The van der Waals surface area contributed by atoms with E-state index in [4.69, 9.17) is 0 Å². The van der Waals surface area contributed by atoms with Crippen molar-refractivity contribution in [3.8, 4) is 5.75 Å². The average molecular weight is 261 g/mol. The summed E-state index contributed by atoms with van der Waals surface area (Å²) in [6.45, 7) is 3.95. The molecule has 3 nitrogen and oxygen atoms in total. The first-order valence-corrected chi connectivity index (χ1v) is 7.29. The third-order valence-corrected chi connectivity index (χ3v) is 3.95. The second-order valence-electron chi connectivity index (χ2n) is 5.42. The van der Waals surface area contributed by atoms with Gasteiger partial charge in [-0.1, -0.05) is 19.8 Å². The van der Waals surface area contributed by atoms with E-state index in [0.29, 0.717) is 5.56 Å². The van der Waals surface area contributed by atoms with Crippen molar-refractivity contribution in [3.05, 3.63) is 29.8 Å². The number of phenols is 1. The van der Waals surface area contributed by atoms with Crippen molar-refractivity contribution in [3.63, 3.8) is 0 Å². The lowest BCUT2D eigenvalue weighted by molar-refractivity contribution is 0.0760. The van der Waals surface area contributed by atoms with Gasteiger partial charge in [0.1, 0.15) is 5.75 Å². The van der Waals surface area contributed by atoms with Crippen molar-refractivity contribution in [2.75, 3.05) is 13.1 Å². The maximum atomic E-state index is 12.4. The van der Waals surface area contributed by atoms with Crippen LogP contribution in [0.25, 0.3) is 0 Å². The molecule has 0 saturated carbocycles. The molecule has 1 unspecified atom stereocenters. The first-order chi connectivity index (χ1) is 9.20. The zero-order valence-corrected chi connectivity index (χ0v) is 11.6. The zero-order valence-electron chi connectivity index (χ0n) is 11.6. The topological polar surface area (TPSA) is 40.5 Å². The van der Waals surface area contributed by atoms with Gasteiger partial charge in [-0.3, -0.25) is 4.79 Å². The van der Waals surface area contributed by atoms with Crippen LogP contribution in [0.4, 0.5) is 0 Å². The second kappa shape index (κ2) is 6.60. The molecule has 1 atom stereocenters. The van der Waals surface area contributed by atoms with Gasteiger partial charge in [0, 0.05) is 18.7 Å². The van der Waals surface area contributed by atoms with E-state index in [1.54, 1.807) is 24.3 Å². The number of carbonyl (C=O) groups excluding carboxylic acids is 1. The monoisotopic (exact) mass is 261 g/mol. The van der Waals surface area contributed by atoms with Crippen LogP contribution in [0.1, 0.15) is 49.4 Å². The van der Waals surface area contributed by atoms with Crippen molar-refractivity contribution in [2.45, 2.75) is 39.0 Å². The maximum absolute atomic E-state index is 12.4. The lowest BCUT2D eigenvalue weighted by Gasteiger charge is -2.20. The van der Waals surface area contributed by atoms with E-state index >= 15 is 0 Å². The van der Waals surface area contributed by atoms with Crippen molar-refractivity contribution in [1.29, 1.82) is 0 Å². The molecule has 1 aromatic carbocycles. The highest BCUT2D eigenvalue weighted by molar-refractivity contribution is 5.94. The van der Waals surface area contributed by atoms with E-state index in [0.717, 1.165) is 31.8 Å². The van der Waals surface area contributed by atoms with Crippen LogP contribution < -0.4 is 0 Å². The fourth-order valence-electron chi connectivity index (χ4n) is 2.85. The molecule has 1 aromatic rings. The molecule has 0 radical (unpaired) electrons. The van der Waals surface area contributed by atoms with Crippen molar-refractivity contribution in [1.82, 2.24) is 4.90 Å². The minimum Gasteiger partial charge on any atom is -0.508 e. The molecular formula is C16H23NO2. The summed E-state index contributed by atoms with van der Waals surface area (Å²) in [5.41, 5.74) is 0.673. The van der Waals surface area contributed by atoms with E-state index < -0.39 is 0 Å². The minimum atomic E-state index is 0.0946. The van der Waals surface area contributed by atoms with Gasteiger partial charge in [0.15, 0.2) is 0 Å². The predicted molar refractivity (Wildman–Crippen MR) is 76.3 cm³/mol. The van der Waals surface area contributed by atoms with Crippen LogP contribution in [-0.2, 0) is 0 Å². The third kappa shape index (κ3) is 3.72. The molecule has 104 valence electrons. The minimum absolute atomic E-state index is 0.0946. The van der Waals surface area contributed by atoms with Gasteiger partial charge in [-0.25, -0.2) is 0 Å². The predicted octanol–water partition coefficient (Wildman–Crippen LogP) is 3.43. The molecule has 1 aliphatic heterocycles. The summed E-state index contributed by atoms with van der Waals surface area (Å²) in [4.78, 5) is 14.3. The molecule has 3 heteroatoms. The summed E-state index contributed by atoms with van der Waals surface area (Å²) in [5.74, 6) is 1.08. The lowest BCUT2D eigenvalue weighted by atomic mass is 9.96. The van der Waals surface area contributed by atoms with E-state index in [1.165, 1.54) is 19.3 Å². The summed E-state index contributed by atoms with van der Waals surface area (Å²) >= 11 is 0. The summed E-state index contributed by atoms with van der Waals surface area (Å²) in [5, 5.41) is 9.26. The molecule has 1 aliphatic rings. The summed E-state index contributed by atoms with van der Waals surface area (Å²) < 4.78 is 0. The Morgan fingerprint density at radius 3 is 2.68 bits per heavy atom. The maximum Gasteiger partial charge on any atom is 0.253 e. The Kier molecular flexibility index (Phi) is 4.83. The highest BCUT2D eigenvalue weighted by Gasteiger charge is 2.21. The van der Waals surface area contributed by atoms with Crippen LogP contribution in [0.3, 0.4) is 0 Å². The Morgan fingerprint density at radius 2 is 2.00 bits per heavy atom. The zero-order chi connectivity index (χ0) is 13.7. The van der Waals surface area contributed by atoms with Crippen molar-refractivity contribution >= 4 is 5.91 Å². The number of likely N-dealkylation sites (tertiary alicyclic amines) is 1. The molecule has 1 fully saturated rings. The van der Waals surface area contributed by atoms with Crippen LogP contribution in [0, 0.1) is 5.92 Å². The standard InChI is InChI=1S/C16H23NO2/c1-2-4-13-5-3-11-17(12-10-13)16(19)14-6-8-15(18)9-7-14/h6-9,13,18H,2-5,10-12H2,1H3. The van der Waals surface area contributed by atoms with Crippen molar-refractivity contribution in [2.24, 2.45) is 5.92 Å². The van der Waals surface area contributed by atoms with Gasteiger partial charge in [-0.05, 0) is 49.4 Å². The van der Waals surface area contributed by atoms with Crippen molar-refractivity contribution < 1.29 is 9.90 Å². The molecular weight excluding hydrogens is 238 g/mol. The Balaban J connectivity index is 1.98. The van der Waals surface area contributed by atoms with E-state index in [9.17, 15) is 9.90 Å². The van der Waals surface area contributed by atoms with Crippen LogP contribution >= 0.6 is 0 Å². The molecule has 0 bridgehead atoms. The number of hydrogen-bond acceptors (Lipinski definition) is 2. The summed E-state index contributed by atoms with van der Waals surface area (Å²) in [6, 6.07) is 6.55. The number of benzene rings is 1. The smallest absolute Gasteiger partial charge is 0.253 e. The molecule has 2 rings (SSSR count). The highest BCUT2D eigenvalue weighted by atomic mass is 16.3. The van der Waals surface area contributed by atoms with Gasteiger partial charge in [0.05, 0.1) is 0 Å². The lowest BCUT2D eigenvalue weighted by Crippen LogP contribution is -2.31. The van der Waals surface area contributed by atoms with Gasteiger partial charge in [0.2, 0.25) is 0 Å². The number of aromatic hydroxyl groups is 1. The number of nitrogens with zero attached hydrogens (tertiary/aromatic N) is 1. The molecule has 0 aliphatic carbocycles. The third-order valence-electron chi connectivity index (χ3n) is 3.95. The van der Waals surface area contributed by atoms with Gasteiger partial charge in [-0.2, -0.15) is 0 Å². The molecule has 1 N–H and O–H groups in total. The molecule has 19 heavy (non-hydrogen) atoms. The first kappa shape index (κ1) is 13.9. The summed E-state index contributed by atoms with van der Waals surface area (Å²) in [6.07, 6.45) is 5.98. The second-order valence-corrected chi connectivity index (χ2v) is 5.42. The van der Waals surface area contributed by atoms with E-state index in [2.05, 4.69) is 6.92 Å². The van der Waals surface area contributed by atoms with E-state index in [-0.39, 0.29) is 11.7 Å². The van der Waals surface area contributed by atoms with Crippen LogP contribution in [-0.4, -0.2) is 29.0 Å². The Bertz CT molecular complexity index is 413. The normalized spacial score (nSPS) is 20.1. The SMILES string of the molecule is CCCC1CCCN(C(=O)c2ccc(O)cc2)CC1. The van der Waals surface area contributed by atoms with Crippen LogP contribution in [0.5, 0.6) is 5.75 Å².